The fourth-order valence-electron chi connectivity index (χ4n) is 2.97. The zero-order valence-corrected chi connectivity index (χ0v) is 14.3. The van der Waals surface area contributed by atoms with Gasteiger partial charge in [0.15, 0.2) is 0 Å². The van der Waals surface area contributed by atoms with E-state index in [1.54, 1.807) is 13.0 Å². The fraction of sp³-hybridized carbons (Fsp3) is 0.600. The third-order valence-electron chi connectivity index (χ3n) is 4.60. The molecule has 6 heteroatoms. The van der Waals surface area contributed by atoms with Crippen molar-refractivity contribution >= 4 is 27.3 Å². The van der Waals surface area contributed by atoms with Crippen LogP contribution in [0, 0.1) is 18.8 Å². The monoisotopic (exact) mass is 330 g/mol. The molecule has 2 rings (SSSR count). The molecular weight excluding hydrogens is 308 g/mol. The lowest BCUT2D eigenvalue weighted by Crippen LogP contribution is -2.43. The number of aryl methyl sites for hydroxylation is 1. The summed E-state index contributed by atoms with van der Waals surface area (Å²) in [4.78, 5) is 0.217. The Morgan fingerprint density at radius 3 is 2.62 bits per heavy atom. The number of nitrogens with two attached hydrogens (primary N) is 1. The van der Waals surface area contributed by atoms with Gasteiger partial charge in [0, 0.05) is 6.04 Å². The summed E-state index contributed by atoms with van der Waals surface area (Å²) in [6.45, 7) is 6.02. The third kappa shape index (κ3) is 3.52. The largest absolute Gasteiger partial charge is 0.397 e. The second kappa shape index (κ2) is 6.15. The Labute approximate surface area is 132 Å². The number of nitrogens with one attached hydrogen (secondary N) is 1. The second-order valence-corrected chi connectivity index (χ2v) is 8.22. The van der Waals surface area contributed by atoms with Crippen LogP contribution in [0.15, 0.2) is 17.0 Å². The number of hydrogen-bond donors (Lipinski definition) is 2. The molecule has 0 amide bonds. The van der Waals surface area contributed by atoms with Crippen LogP contribution < -0.4 is 10.5 Å². The van der Waals surface area contributed by atoms with E-state index in [4.69, 9.17) is 17.3 Å². The summed E-state index contributed by atoms with van der Waals surface area (Å²) >= 11 is 5.93. The molecule has 1 aromatic carbocycles. The molecule has 4 nitrogen and oxygen atoms in total. The van der Waals surface area contributed by atoms with Crippen LogP contribution in [0.2, 0.25) is 5.02 Å². The average molecular weight is 331 g/mol. The van der Waals surface area contributed by atoms with Crippen LogP contribution in [0.4, 0.5) is 5.69 Å². The Bertz CT molecular complexity index is 631. The lowest BCUT2D eigenvalue weighted by molar-refractivity contribution is 0.227. The van der Waals surface area contributed by atoms with Gasteiger partial charge in [0.25, 0.3) is 0 Å². The van der Waals surface area contributed by atoms with Crippen LogP contribution in [0.25, 0.3) is 0 Å². The van der Waals surface area contributed by atoms with E-state index < -0.39 is 10.0 Å². The van der Waals surface area contributed by atoms with Crippen LogP contribution in [-0.2, 0) is 10.0 Å². The summed E-state index contributed by atoms with van der Waals surface area (Å²) in [7, 11) is -3.57. The number of rotatable bonds is 3. The van der Waals surface area contributed by atoms with Crippen molar-refractivity contribution in [3.63, 3.8) is 0 Å². The first-order valence-corrected chi connectivity index (χ1v) is 9.16. The molecule has 1 saturated carbocycles. The van der Waals surface area contributed by atoms with Gasteiger partial charge in [-0.15, -0.1) is 0 Å². The molecule has 1 aromatic rings. The van der Waals surface area contributed by atoms with Crippen molar-refractivity contribution in [3.05, 3.63) is 22.7 Å². The molecule has 0 heterocycles. The maximum atomic E-state index is 12.6. The Hall–Kier alpha value is -0.780. The van der Waals surface area contributed by atoms with Crippen molar-refractivity contribution in [1.82, 2.24) is 4.72 Å². The SMILES string of the molecule is Cc1cc(Cl)c(N)cc1S(=O)(=O)NC1CCCC(C)C1C. The summed E-state index contributed by atoms with van der Waals surface area (Å²) in [6, 6.07) is 3.02. The fourth-order valence-corrected chi connectivity index (χ4v) is 4.81. The van der Waals surface area contributed by atoms with Crippen LogP contribution in [0.3, 0.4) is 0 Å². The Balaban J connectivity index is 2.28. The molecule has 21 heavy (non-hydrogen) atoms. The Kier molecular flexibility index (Phi) is 4.85. The Morgan fingerprint density at radius 2 is 1.95 bits per heavy atom. The smallest absolute Gasteiger partial charge is 0.241 e. The summed E-state index contributed by atoms with van der Waals surface area (Å²) < 4.78 is 28.1. The van der Waals surface area contributed by atoms with E-state index in [2.05, 4.69) is 18.6 Å². The van der Waals surface area contributed by atoms with Crippen molar-refractivity contribution in [2.24, 2.45) is 11.8 Å². The standard InChI is InChI=1S/C15H23ClN2O2S/c1-9-5-4-6-14(11(9)3)18-21(19,20)15-8-13(17)12(16)7-10(15)2/h7-9,11,14,18H,4-6,17H2,1-3H3. The quantitative estimate of drug-likeness (QED) is 0.835. The minimum atomic E-state index is -3.57. The van der Waals surface area contributed by atoms with Gasteiger partial charge in [0.2, 0.25) is 10.0 Å². The summed E-state index contributed by atoms with van der Waals surface area (Å²) in [6.07, 6.45) is 3.10. The van der Waals surface area contributed by atoms with E-state index in [0.717, 1.165) is 19.3 Å². The van der Waals surface area contributed by atoms with Gasteiger partial charge in [-0.3, -0.25) is 0 Å². The molecule has 1 aliphatic rings. The molecule has 3 unspecified atom stereocenters. The maximum Gasteiger partial charge on any atom is 0.241 e. The molecule has 1 fully saturated rings. The number of nitrogen functional groups attached to an aromatic ring is 1. The van der Waals surface area contributed by atoms with Gasteiger partial charge >= 0.3 is 0 Å². The van der Waals surface area contributed by atoms with Gasteiger partial charge < -0.3 is 5.73 Å². The first-order valence-electron chi connectivity index (χ1n) is 7.30. The van der Waals surface area contributed by atoms with E-state index in [9.17, 15) is 8.42 Å². The van der Waals surface area contributed by atoms with E-state index >= 15 is 0 Å². The normalized spacial score (nSPS) is 26.8. The predicted octanol–water partition coefficient (Wildman–Crippen LogP) is 3.33. The van der Waals surface area contributed by atoms with Crippen LogP contribution in [0.1, 0.15) is 38.7 Å². The maximum absolute atomic E-state index is 12.6. The molecule has 118 valence electrons. The van der Waals surface area contributed by atoms with Crippen LogP contribution >= 0.6 is 11.6 Å². The van der Waals surface area contributed by atoms with E-state index in [-0.39, 0.29) is 16.6 Å². The van der Waals surface area contributed by atoms with Crippen molar-refractivity contribution in [2.45, 2.75) is 51.0 Å². The number of benzene rings is 1. The second-order valence-electron chi connectivity index (χ2n) is 6.13. The number of sulfonamides is 1. The number of anilines is 1. The highest BCUT2D eigenvalue weighted by atomic mass is 35.5. The molecule has 0 aromatic heterocycles. The molecule has 3 N–H and O–H groups in total. The zero-order chi connectivity index (χ0) is 15.8. The van der Waals surface area contributed by atoms with E-state index in [1.165, 1.54) is 6.07 Å². The van der Waals surface area contributed by atoms with Crippen LogP contribution in [0.5, 0.6) is 0 Å². The molecule has 0 radical (unpaired) electrons. The highest BCUT2D eigenvalue weighted by Crippen LogP contribution is 2.31. The molecule has 1 aliphatic carbocycles. The first-order chi connectivity index (χ1) is 9.72. The van der Waals surface area contributed by atoms with Gasteiger partial charge in [-0.1, -0.05) is 38.3 Å². The lowest BCUT2D eigenvalue weighted by Gasteiger charge is -2.34. The molecule has 0 bridgehead atoms. The third-order valence-corrected chi connectivity index (χ3v) is 6.56. The van der Waals surface area contributed by atoms with Crippen molar-refractivity contribution in [3.8, 4) is 0 Å². The van der Waals surface area contributed by atoms with Gasteiger partial charge in [-0.25, -0.2) is 13.1 Å². The summed E-state index contributed by atoms with van der Waals surface area (Å²) in [5.41, 5.74) is 6.64. The topological polar surface area (TPSA) is 72.2 Å². The minimum Gasteiger partial charge on any atom is -0.397 e. The highest BCUT2D eigenvalue weighted by molar-refractivity contribution is 7.89. The summed E-state index contributed by atoms with van der Waals surface area (Å²) in [5, 5.41) is 0.381. The van der Waals surface area contributed by atoms with Gasteiger partial charge in [-0.05, 0) is 42.9 Å². The summed E-state index contributed by atoms with van der Waals surface area (Å²) in [5.74, 6) is 0.862. The highest BCUT2D eigenvalue weighted by Gasteiger charge is 2.31. The lowest BCUT2D eigenvalue weighted by atomic mass is 9.78. The molecule has 3 atom stereocenters. The van der Waals surface area contributed by atoms with Crippen molar-refractivity contribution < 1.29 is 8.42 Å². The first kappa shape index (κ1) is 16.6. The number of halogens is 1. The van der Waals surface area contributed by atoms with Gasteiger partial charge in [0.05, 0.1) is 15.6 Å². The molecule has 0 saturated heterocycles. The zero-order valence-electron chi connectivity index (χ0n) is 12.7. The average Bonchev–Trinajstić information content (AvgIpc) is 2.39. The molecule has 0 aliphatic heterocycles. The Morgan fingerprint density at radius 1 is 1.29 bits per heavy atom. The van der Waals surface area contributed by atoms with Gasteiger partial charge in [0.1, 0.15) is 0 Å². The van der Waals surface area contributed by atoms with Crippen molar-refractivity contribution in [1.29, 1.82) is 0 Å². The van der Waals surface area contributed by atoms with Crippen molar-refractivity contribution in [2.75, 3.05) is 5.73 Å². The van der Waals surface area contributed by atoms with Crippen LogP contribution in [-0.4, -0.2) is 14.5 Å². The predicted molar refractivity (Wildman–Crippen MR) is 86.9 cm³/mol. The molecule has 0 spiro atoms. The van der Waals surface area contributed by atoms with Gasteiger partial charge in [-0.2, -0.15) is 0 Å². The van der Waals surface area contributed by atoms with E-state index in [0.29, 0.717) is 22.4 Å². The van der Waals surface area contributed by atoms with E-state index in [1.807, 2.05) is 0 Å². The molecular formula is C15H23ClN2O2S. The number of hydrogen-bond acceptors (Lipinski definition) is 3. The minimum absolute atomic E-state index is 0.0185.